The highest BCUT2D eigenvalue weighted by molar-refractivity contribution is 5.82. The van der Waals surface area contributed by atoms with Crippen molar-refractivity contribution in [3.05, 3.63) is 30.0 Å². The second kappa shape index (κ2) is 4.88. The van der Waals surface area contributed by atoms with Crippen molar-refractivity contribution < 1.29 is 0 Å². The molecule has 0 radical (unpaired) electrons. The Morgan fingerprint density at radius 1 is 1.29 bits per heavy atom. The van der Waals surface area contributed by atoms with Crippen LogP contribution in [0.15, 0.2) is 24.3 Å². The van der Waals surface area contributed by atoms with Crippen molar-refractivity contribution in [3.63, 3.8) is 0 Å². The van der Waals surface area contributed by atoms with Gasteiger partial charge in [-0.2, -0.15) is 5.10 Å². The Hall–Kier alpha value is -1.35. The van der Waals surface area contributed by atoms with Crippen molar-refractivity contribution in [3.8, 4) is 0 Å². The maximum atomic E-state index is 6.14. The second-order valence-corrected chi connectivity index (χ2v) is 4.89. The van der Waals surface area contributed by atoms with Crippen molar-refractivity contribution in [1.29, 1.82) is 0 Å². The summed E-state index contributed by atoms with van der Waals surface area (Å²) in [6.45, 7) is 7.33. The average molecular weight is 231 g/mol. The van der Waals surface area contributed by atoms with E-state index >= 15 is 0 Å². The van der Waals surface area contributed by atoms with Crippen molar-refractivity contribution in [2.45, 2.75) is 39.8 Å². The molecule has 17 heavy (non-hydrogen) atoms. The first-order chi connectivity index (χ1) is 8.13. The summed E-state index contributed by atoms with van der Waals surface area (Å²) in [6.07, 6.45) is 0.852. The molecule has 0 aliphatic carbocycles. The molecule has 2 rings (SSSR count). The molecule has 3 nitrogen and oxygen atoms in total. The lowest BCUT2D eigenvalue weighted by atomic mass is 9.99. The average Bonchev–Trinajstić information content (AvgIpc) is 2.68. The summed E-state index contributed by atoms with van der Waals surface area (Å²) in [4.78, 5) is 0. The molecule has 1 atom stereocenters. The van der Waals surface area contributed by atoms with Crippen LogP contribution in [0.5, 0.6) is 0 Å². The largest absolute Gasteiger partial charge is 0.327 e. The van der Waals surface area contributed by atoms with Crippen LogP contribution in [0, 0.1) is 5.92 Å². The number of hydrogen-bond donors (Lipinski definition) is 1. The fraction of sp³-hybridized carbons (Fsp3) is 0.500. The maximum absolute atomic E-state index is 6.14. The van der Waals surface area contributed by atoms with Crippen LogP contribution in [0.3, 0.4) is 0 Å². The van der Waals surface area contributed by atoms with E-state index in [4.69, 9.17) is 5.73 Å². The Bertz CT molecular complexity index is 499. The molecule has 0 aliphatic heterocycles. The predicted molar refractivity (Wildman–Crippen MR) is 71.9 cm³/mol. The maximum Gasteiger partial charge on any atom is 0.0718 e. The molecule has 2 N–H and O–H groups in total. The first-order valence-electron chi connectivity index (χ1n) is 6.33. The van der Waals surface area contributed by atoms with Gasteiger partial charge in [0, 0.05) is 24.4 Å². The summed E-state index contributed by atoms with van der Waals surface area (Å²) >= 11 is 0. The third kappa shape index (κ3) is 2.34. The van der Waals surface area contributed by atoms with Crippen LogP contribution in [0.1, 0.15) is 26.5 Å². The van der Waals surface area contributed by atoms with Gasteiger partial charge in [0.2, 0.25) is 0 Å². The van der Waals surface area contributed by atoms with E-state index in [9.17, 15) is 0 Å². The van der Waals surface area contributed by atoms with E-state index in [2.05, 4.69) is 54.8 Å². The van der Waals surface area contributed by atoms with Crippen molar-refractivity contribution in [1.82, 2.24) is 9.78 Å². The van der Waals surface area contributed by atoms with Gasteiger partial charge in [-0.05, 0) is 18.9 Å². The number of benzene rings is 1. The van der Waals surface area contributed by atoms with Crippen LogP contribution in [0.2, 0.25) is 0 Å². The van der Waals surface area contributed by atoms with E-state index in [-0.39, 0.29) is 6.04 Å². The molecule has 0 aliphatic rings. The molecule has 1 heterocycles. The molecule has 0 fully saturated rings. The topological polar surface area (TPSA) is 43.8 Å². The molecule has 1 aromatic heterocycles. The van der Waals surface area contributed by atoms with E-state index < -0.39 is 0 Å². The zero-order valence-electron chi connectivity index (χ0n) is 10.9. The molecule has 0 amide bonds. The first-order valence-corrected chi connectivity index (χ1v) is 6.33. The number of para-hydroxylation sites is 1. The Morgan fingerprint density at radius 3 is 2.65 bits per heavy atom. The lowest BCUT2D eigenvalue weighted by Crippen LogP contribution is -2.29. The zero-order chi connectivity index (χ0) is 12.4. The van der Waals surface area contributed by atoms with Gasteiger partial charge in [0.15, 0.2) is 0 Å². The standard InChI is InChI=1S/C14H21N3/c1-4-17-14-8-6-5-7-11(14)13(16-17)9-12(15)10(2)3/h5-8,10,12H,4,9,15H2,1-3H3. The SMILES string of the molecule is CCn1nc(CC(N)C(C)C)c2ccccc21. The molecule has 0 saturated heterocycles. The zero-order valence-corrected chi connectivity index (χ0v) is 10.9. The van der Waals surface area contributed by atoms with Gasteiger partial charge >= 0.3 is 0 Å². The van der Waals surface area contributed by atoms with E-state index in [0.29, 0.717) is 5.92 Å². The Labute approximate surface area is 103 Å². The number of nitrogens with two attached hydrogens (primary N) is 1. The molecule has 2 aromatic rings. The number of fused-ring (bicyclic) bond motifs is 1. The summed E-state index contributed by atoms with van der Waals surface area (Å²) in [5.41, 5.74) is 8.48. The number of hydrogen-bond acceptors (Lipinski definition) is 2. The molecule has 1 aromatic carbocycles. The van der Waals surface area contributed by atoms with Crippen LogP contribution in [-0.4, -0.2) is 15.8 Å². The van der Waals surface area contributed by atoms with Gasteiger partial charge in [0.05, 0.1) is 11.2 Å². The van der Waals surface area contributed by atoms with Gasteiger partial charge in [0.1, 0.15) is 0 Å². The minimum Gasteiger partial charge on any atom is -0.327 e. The highest BCUT2D eigenvalue weighted by Crippen LogP contribution is 2.20. The minimum absolute atomic E-state index is 0.179. The van der Waals surface area contributed by atoms with E-state index in [1.807, 2.05) is 0 Å². The summed E-state index contributed by atoms with van der Waals surface area (Å²) in [7, 11) is 0. The van der Waals surface area contributed by atoms with Gasteiger partial charge in [-0.25, -0.2) is 0 Å². The third-order valence-electron chi connectivity index (χ3n) is 3.32. The molecular formula is C14H21N3. The molecule has 0 bridgehead atoms. The van der Waals surface area contributed by atoms with Crippen LogP contribution in [0.25, 0.3) is 10.9 Å². The first kappa shape index (κ1) is 12.1. The van der Waals surface area contributed by atoms with Gasteiger partial charge in [-0.3, -0.25) is 4.68 Å². The molecule has 3 heteroatoms. The lowest BCUT2D eigenvalue weighted by molar-refractivity contribution is 0.484. The smallest absolute Gasteiger partial charge is 0.0718 e. The second-order valence-electron chi connectivity index (χ2n) is 4.89. The van der Waals surface area contributed by atoms with Crippen molar-refractivity contribution >= 4 is 10.9 Å². The summed E-state index contributed by atoms with van der Waals surface area (Å²) in [5.74, 6) is 0.487. The fourth-order valence-corrected chi connectivity index (χ4v) is 2.05. The quantitative estimate of drug-likeness (QED) is 0.879. The predicted octanol–water partition coefficient (Wildman–Crippen LogP) is 2.58. The van der Waals surface area contributed by atoms with Crippen molar-refractivity contribution in [2.24, 2.45) is 11.7 Å². The van der Waals surface area contributed by atoms with Gasteiger partial charge in [-0.15, -0.1) is 0 Å². The molecule has 1 unspecified atom stereocenters. The summed E-state index contributed by atoms with van der Waals surface area (Å²) < 4.78 is 2.05. The van der Waals surface area contributed by atoms with Crippen LogP contribution < -0.4 is 5.73 Å². The Morgan fingerprint density at radius 2 is 2.00 bits per heavy atom. The number of aromatic nitrogens is 2. The van der Waals surface area contributed by atoms with E-state index in [0.717, 1.165) is 18.7 Å². The summed E-state index contributed by atoms with van der Waals surface area (Å²) in [6, 6.07) is 8.56. The number of aryl methyl sites for hydroxylation is 1. The minimum atomic E-state index is 0.179. The third-order valence-corrected chi connectivity index (χ3v) is 3.32. The number of rotatable bonds is 4. The van der Waals surface area contributed by atoms with Gasteiger partial charge in [-0.1, -0.05) is 32.0 Å². The molecule has 0 saturated carbocycles. The van der Waals surface area contributed by atoms with Crippen LogP contribution >= 0.6 is 0 Å². The highest BCUT2D eigenvalue weighted by Gasteiger charge is 2.14. The highest BCUT2D eigenvalue weighted by atomic mass is 15.3. The van der Waals surface area contributed by atoms with Crippen LogP contribution in [-0.2, 0) is 13.0 Å². The Balaban J connectivity index is 2.40. The monoisotopic (exact) mass is 231 g/mol. The van der Waals surface area contributed by atoms with E-state index in [1.54, 1.807) is 0 Å². The van der Waals surface area contributed by atoms with Gasteiger partial charge < -0.3 is 5.73 Å². The van der Waals surface area contributed by atoms with Crippen LogP contribution in [0.4, 0.5) is 0 Å². The Kier molecular flexibility index (Phi) is 3.48. The fourth-order valence-electron chi connectivity index (χ4n) is 2.05. The lowest BCUT2D eigenvalue weighted by Gasteiger charge is -2.13. The molecule has 92 valence electrons. The van der Waals surface area contributed by atoms with Gasteiger partial charge in [0.25, 0.3) is 0 Å². The number of nitrogens with zero attached hydrogens (tertiary/aromatic N) is 2. The molecule has 0 spiro atoms. The van der Waals surface area contributed by atoms with E-state index in [1.165, 1.54) is 10.9 Å². The molecular weight excluding hydrogens is 210 g/mol. The summed E-state index contributed by atoms with van der Waals surface area (Å²) in [5, 5.41) is 5.91. The van der Waals surface area contributed by atoms with Crippen molar-refractivity contribution in [2.75, 3.05) is 0 Å². The normalized spacial score (nSPS) is 13.5.